The third-order valence-electron chi connectivity index (χ3n) is 5.49. The molecule has 6 heteroatoms. The Morgan fingerprint density at radius 3 is 2.71 bits per heavy atom. The zero-order chi connectivity index (χ0) is 19.8. The fourth-order valence-corrected chi connectivity index (χ4v) is 3.96. The number of likely N-dealkylation sites (tertiary alicyclic amines) is 1. The minimum Gasteiger partial charge on any atom is -0.357 e. The summed E-state index contributed by atoms with van der Waals surface area (Å²) in [6, 6.07) is 11.1. The first kappa shape index (κ1) is 20.4. The summed E-state index contributed by atoms with van der Waals surface area (Å²) >= 11 is 0. The van der Waals surface area contributed by atoms with Crippen molar-refractivity contribution in [2.24, 2.45) is 4.99 Å². The van der Waals surface area contributed by atoms with Gasteiger partial charge in [-0.2, -0.15) is 0 Å². The van der Waals surface area contributed by atoms with Gasteiger partial charge in [0.15, 0.2) is 5.96 Å². The first-order chi connectivity index (χ1) is 13.7. The van der Waals surface area contributed by atoms with Crippen molar-refractivity contribution in [1.29, 1.82) is 0 Å². The molecule has 2 heterocycles. The van der Waals surface area contributed by atoms with Crippen LogP contribution in [0.5, 0.6) is 0 Å². The molecule has 1 N–H and O–H groups in total. The Labute approximate surface area is 169 Å². The molecule has 1 aromatic carbocycles. The van der Waals surface area contributed by atoms with Gasteiger partial charge in [0.2, 0.25) is 0 Å². The largest absolute Gasteiger partial charge is 0.357 e. The standard InChI is InChI=1S/C22H34N6/c1-4-23-22(28-14-12-20(18-28)26(5-2)6-3)25-16-21-24-13-15-27(21)17-19-10-8-7-9-11-19/h7-11,13,15,20H,4-6,12,14,16-18H2,1-3H3,(H,23,25). The van der Waals surface area contributed by atoms with Gasteiger partial charge in [-0.25, -0.2) is 9.98 Å². The molecule has 1 fully saturated rings. The van der Waals surface area contributed by atoms with Gasteiger partial charge in [0, 0.05) is 44.6 Å². The van der Waals surface area contributed by atoms with Crippen molar-refractivity contribution in [3.05, 3.63) is 54.1 Å². The van der Waals surface area contributed by atoms with Crippen LogP contribution in [0.15, 0.2) is 47.7 Å². The van der Waals surface area contributed by atoms with Crippen LogP contribution in [0.25, 0.3) is 0 Å². The van der Waals surface area contributed by atoms with Crippen LogP contribution in [-0.4, -0.2) is 64.1 Å². The van der Waals surface area contributed by atoms with Crippen molar-refractivity contribution in [3.8, 4) is 0 Å². The third kappa shape index (κ3) is 5.13. The van der Waals surface area contributed by atoms with Crippen molar-refractivity contribution in [2.45, 2.75) is 46.3 Å². The van der Waals surface area contributed by atoms with E-state index in [9.17, 15) is 0 Å². The van der Waals surface area contributed by atoms with Crippen LogP contribution < -0.4 is 5.32 Å². The molecule has 0 aliphatic carbocycles. The molecule has 152 valence electrons. The van der Waals surface area contributed by atoms with E-state index < -0.39 is 0 Å². The number of aliphatic imine (C=N–C) groups is 1. The first-order valence-electron chi connectivity index (χ1n) is 10.6. The van der Waals surface area contributed by atoms with E-state index in [2.05, 4.69) is 69.7 Å². The molecule has 0 bridgehead atoms. The molecule has 0 radical (unpaired) electrons. The van der Waals surface area contributed by atoms with Gasteiger partial charge in [-0.3, -0.25) is 4.90 Å². The van der Waals surface area contributed by atoms with Crippen LogP contribution in [0.3, 0.4) is 0 Å². The maximum Gasteiger partial charge on any atom is 0.194 e. The number of nitrogens with one attached hydrogen (secondary N) is 1. The van der Waals surface area contributed by atoms with Gasteiger partial charge in [0.25, 0.3) is 0 Å². The number of hydrogen-bond acceptors (Lipinski definition) is 3. The highest BCUT2D eigenvalue weighted by Gasteiger charge is 2.28. The molecule has 0 amide bonds. The van der Waals surface area contributed by atoms with E-state index in [4.69, 9.17) is 4.99 Å². The van der Waals surface area contributed by atoms with Crippen molar-refractivity contribution < 1.29 is 0 Å². The van der Waals surface area contributed by atoms with Crippen LogP contribution >= 0.6 is 0 Å². The normalized spacial score (nSPS) is 17.5. The minimum atomic E-state index is 0.592. The summed E-state index contributed by atoms with van der Waals surface area (Å²) in [6.45, 7) is 13.3. The molecule has 1 atom stereocenters. The number of imidazole rings is 1. The lowest BCUT2D eigenvalue weighted by molar-refractivity contribution is 0.223. The molecule has 0 spiro atoms. The SMILES string of the molecule is CCNC(=NCc1nccn1Cc1ccccc1)N1CCC(N(CC)CC)C1. The highest BCUT2D eigenvalue weighted by molar-refractivity contribution is 5.80. The lowest BCUT2D eigenvalue weighted by Crippen LogP contribution is -2.43. The molecule has 28 heavy (non-hydrogen) atoms. The van der Waals surface area contributed by atoms with Gasteiger partial charge in [0.1, 0.15) is 12.4 Å². The van der Waals surface area contributed by atoms with Crippen molar-refractivity contribution in [2.75, 3.05) is 32.7 Å². The van der Waals surface area contributed by atoms with E-state index in [1.165, 1.54) is 12.0 Å². The molecular weight excluding hydrogens is 348 g/mol. The Hall–Kier alpha value is -2.34. The number of guanidine groups is 1. The maximum absolute atomic E-state index is 4.92. The van der Waals surface area contributed by atoms with E-state index in [-0.39, 0.29) is 0 Å². The molecule has 6 nitrogen and oxygen atoms in total. The summed E-state index contributed by atoms with van der Waals surface area (Å²) in [6.07, 6.45) is 5.11. The Morgan fingerprint density at radius 1 is 1.21 bits per heavy atom. The van der Waals surface area contributed by atoms with Gasteiger partial charge in [-0.1, -0.05) is 44.2 Å². The molecule has 1 aliphatic heterocycles. The lowest BCUT2D eigenvalue weighted by atomic mass is 10.2. The predicted molar refractivity (Wildman–Crippen MR) is 115 cm³/mol. The summed E-state index contributed by atoms with van der Waals surface area (Å²) in [5.41, 5.74) is 1.28. The number of rotatable bonds is 8. The smallest absolute Gasteiger partial charge is 0.194 e. The average molecular weight is 383 g/mol. The fourth-order valence-electron chi connectivity index (χ4n) is 3.96. The molecule has 2 aromatic rings. The Morgan fingerprint density at radius 2 is 2.00 bits per heavy atom. The molecule has 1 aromatic heterocycles. The van der Waals surface area contributed by atoms with E-state index in [0.29, 0.717) is 12.6 Å². The van der Waals surface area contributed by atoms with Crippen LogP contribution in [0.4, 0.5) is 0 Å². The number of benzene rings is 1. The zero-order valence-corrected chi connectivity index (χ0v) is 17.5. The van der Waals surface area contributed by atoms with Crippen molar-refractivity contribution in [3.63, 3.8) is 0 Å². The molecular formula is C22H34N6. The number of likely N-dealkylation sites (N-methyl/N-ethyl adjacent to an activating group) is 1. The monoisotopic (exact) mass is 382 g/mol. The Kier molecular flexibility index (Phi) is 7.48. The average Bonchev–Trinajstić information content (AvgIpc) is 3.37. The molecule has 0 saturated carbocycles. The predicted octanol–water partition coefficient (Wildman–Crippen LogP) is 2.81. The summed E-state index contributed by atoms with van der Waals surface area (Å²) < 4.78 is 2.19. The number of aromatic nitrogens is 2. The van der Waals surface area contributed by atoms with Crippen LogP contribution in [0.2, 0.25) is 0 Å². The molecule has 1 saturated heterocycles. The van der Waals surface area contributed by atoms with Crippen LogP contribution in [-0.2, 0) is 13.1 Å². The summed E-state index contributed by atoms with van der Waals surface area (Å²) in [4.78, 5) is 14.4. The molecule has 1 aliphatic rings. The van der Waals surface area contributed by atoms with Crippen LogP contribution in [0.1, 0.15) is 38.6 Å². The molecule has 3 rings (SSSR count). The van der Waals surface area contributed by atoms with E-state index in [1.54, 1.807) is 0 Å². The van der Waals surface area contributed by atoms with Gasteiger partial charge >= 0.3 is 0 Å². The summed E-state index contributed by atoms with van der Waals surface area (Å²) in [5.74, 6) is 2.00. The van der Waals surface area contributed by atoms with Gasteiger partial charge in [-0.05, 0) is 32.0 Å². The minimum absolute atomic E-state index is 0.592. The third-order valence-corrected chi connectivity index (χ3v) is 5.49. The van der Waals surface area contributed by atoms with Crippen molar-refractivity contribution >= 4 is 5.96 Å². The Balaban J connectivity index is 1.66. The fraction of sp³-hybridized carbons (Fsp3) is 0.545. The van der Waals surface area contributed by atoms with Gasteiger partial charge in [0.05, 0.1) is 0 Å². The summed E-state index contributed by atoms with van der Waals surface area (Å²) in [5, 5.41) is 3.47. The van der Waals surface area contributed by atoms with Crippen molar-refractivity contribution in [1.82, 2.24) is 24.7 Å². The van der Waals surface area contributed by atoms with E-state index >= 15 is 0 Å². The second-order valence-electron chi connectivity index (χ2n) is 7.24. The summed E-state index contributed by atoms with van der Waals surface area (Å²) in [7, 11) is 0. The van der Waals surface area contributed by atoms with Gasteiger partial charge < -0.3 is 14.8 Å². The number of nitrogens with zero attached hydrogens (tertiary/aromatic N) is 5. The lowest BCUT2D eigenvalue weighted by Gasteiger charge is -2.27. The van der Waals surface area contributed by atoms with E-state index in [1.807, 2.05) is 18.5 Å². The first-order valence-corrected chi connectivity index (χ1v) is 10.6. The Bertz CT molecular complexity index is 734. The maximum atomic E-state index is 4.92. The van der Waals surface area contributed by atoms with E-state index in [0.717, 1.165) is 51.1 Å². The second-order valence-corrected chi connectivity index (χ2v) is 7.24. The highest BCUT2D eigenvalue weighted by atomic mass is 15.3. The quantitative estimate of drug-likeness (QED) is 0.563. The highest BCUT2D eigenvalue weighted by Crippen LogP contribution is 2.16. The number of hydrogen-bond donors (Lipinski definition) is 1. The zero-order valence-electron chi connectivity index (χ0n) is 17.5. The topological polar surface area (TPSA) is 48.7 Å². The second kappa shape index (κ2) is 10.3. The molecule has 1 unspecified atom stereocenters. The van der Waals surface area contributed by atoms with Gasteiger partial charge in [-0.15, -0.1) is 0 Å². The van der Waals surface area contributed by atoms with Crippen LogP contribution in [0, 0.1) is 0 Å².